The van der Waals surface area contributed by atoms with Gasteiger partial charge in [0.1, 0.15) is 0 Å². The molecule has 1 aromatic heterocycles. The van der Waals surface area contributed by atoms with Gasteiger partial charge in [-0.3, -0.25) is 0 Å². The second-order valence-corrected chi connectivity index (χ2v) is 5.60. The fourth-order valence-corrected chi connectivity index (χ4v) is 3.35. The summed E-state index contributed by atoms with van der Waals surface area (Å²) < 4.78 is 0. The van der Waals surface area contributed by atoms with E-state index >= 15 is 0 Å². The van der Waals surface area contributed by atoms with Crippen molar-refractivity contribution >= 4 is 17.3 Å². The normalized spacial score (nSPS) is 30.2. The lowest BCUT2D eigenvalue weighted by molar-refractivity contribution is -0.00974. The summed E-state index contributed by atoms with van der Waals surface area (Å²) in [4.78, 5) is 11.7. The highest BCUT2D eigenvalue weighted by Gasteiger charge is 2.37. The number of thiophene rings is 1. The molecule has 1 heterocycles. The summed E-state index contributed by atoms with van der Waals surface area (Å²) >= 11 is 1.35. The van der Waals surface area contributed by atoms with Crippen LogP contribution < -0.4 is 0 Å². The molecule has 0 aromatic carbocycles. The van der Waals surface area contributed by atoms with Crippen molar-refractivity contribution in [3.05, 3.63) is 21.9 Å². The van der Waals surface area contributed by atoms with E-state index in [-0.39, 0.29) is 5.56 Å². The number of rotatable bonds is 2. The summed E-state index contributed by atoms with van der Waals surface area (Å²) in [5.74, 6) is -0.309. The molecule has 1 aliphatic rings. The molecule has 2 rings (SSSR count). The highest BCUT2D eigenvalue weighted by atomic mass is 32.1. The summed E-state index contributed by atoms with van der Waals surface area (Å²) in [6, 6.07) is 1.58. The summed E-state index contributed by atoms with van der Waals surface area (Å²) in [5.41, 5.74) is -0.643. The van der Waals surface area contributed by atoms with Gasteiger partial charge in [0.2, 0.25) is 0 Å². The van der Waals surface area contributed by atoms with E-state index in [1.807, 2.05) is 0 Å². The third-order valence-electron chi connectivity index (χ3n) is 3.42. The Labute approximate surface area is 98.7 Å². The third-order valence-corrected chi connectivity index (χ3v) is 4.53. The Morgan fingerprint density at radius 1 is 1.50 bits per heavy atom. The number of hydrogen-bond donors (Lipinski definition) is 2. The van der Waals surface area contributed by atoms with E-state index in [2.05, 4.69) is 6.92 Å². The van der Waals surface area contributed by atoms with Crippen LogP contribution in [0.4, 0.5) is 0 Å². The van der Waals surface area contributed by atoms with E-state index < -0.39 is 11.6 Å². The molecule has 0 atom stereocenters. The maximum atomic E-state index is 11.0. The van der Waals surface area contributed by atoms with E-state index in [1.165, 1.54) is 11.3 Å². The Bertz CT molecular complexity index is 389. The average Bonchev–Trinajstić information content (AvgIpc) is 2.72. The molecule has 1 fully saturated rings. The van der Waals surface area contributed by atoms with Crippen LogP contribution in [0.25, 0.3) is 0 Å². The highest BCUT2D eigenvalue weighted by Crippen LogP contribution is 2.42. The van der Waals surface area contributed by atoms with Crippen LogP contribution >= 0.6 is 11.3 Å². The standard InChI is InChI=1S/C12H16O3S/c1-8-2-5-12(15,6-3-8)10-9(11(13)14)4-7-16-10/h4,7-8,15H,2-3,5-6H2,1H3,(H,13,14). The first-order valence-electron chi connectivity index (χ1n) is 5.56. The zero-order valence-electron chi connectivity index (χ0n) is 9.27. The first-order valence-corrected chi connectivity index (χ1v) is 6.44. The number of carboxylic acid groups (broad SMARTS) is 1. The lowest BCUT2D eigenvalue weighted by atomic mass is 9.78. The summed E-state index contributed by atoms with van der Waals surface area (Å²) in [7, 11) is 0. The van der Waals surface area contributed by atoms with Gasteiger partial charge in [0.15, 0.2) is 0 Å². The molecular formula is C12H16O3S. The van der Waals surface area contributed by atoms with Crippen LogP contribution in [0, 0.1) is 5.92 Å². The van der Waals surface area contributed by atoms with E-state index in [4.69, 9.17) is 5.11 Å². The van der Waals surface area contributed by atoms with Crippen LogP contribution in [0.3, 0.4) is 0 Å². The number of aliphatic hydroxyl groups is 1. The van der Waals surface area contributed by atoms with Crippen molar-refractivity contribution in [1.29, 1.82) is 0 Å². The van der Waals surface area contributed by atoms with Crippen molar-refractivity contribution < 1.29 is 15.0 Å². The van der Waals surface area contributed by atoms with Crippen molar-refractivity contribution in [3.8, 4) is 0 Å². The summed E-state index contributed by atoms with van der Waals surface area (Å²) in [5, 5.41) is 21.3. The van der Waals surface area contributed by atoms with Crippen molar-refractivity contribution in [1.82, 2.24) is 0 Å². The Morgan fingerprint density at radius 3 is 2.69 bits per heavy atom. The van der Waals surface area contributed by atoms with Gasteiger partial charge in [0, 0.05) is 0 Å². The van der Waals surface area contributed by atoms with Gasteiger partial charge < -0.3 is 10.2 Å². The highest BCUT2D eigenvalue weighted by molar-refractivity contribution is 7.10. The minimum atomic E-state index is -0.941. The van der Waals surface area contributed by atoms with Gasteiger partial charge in [0.25, 0.3) is 0 Å². The molecule has 88 valence electrons. The molecule has 0 unspecified atom stereocenters. The van der Waals surface area contributed by atoms with Crippen LogP contribution in [-0.4, -0.2) is 16.2 Å². The number of aromatic carboxylic acids is 1. The molecule has 1 saturated carbocycles. The van der Waals surface area contributed by atoms with Gasteiger partial charge in [-0.25, -0.2) is 4.79 Å². The molecule has 0 radical (unpaired) electrons. The minimum Gasteiger partial charge on any atom is -0.478 e. The zero-order chi connectivity index (χ0) is 11.8. The lowest BCUT2D eigenvalue weighted by Crippen LogP contribution is -2.31. The maximum absolute atomic E-state index is 11.0. The van der Waals surface area contributed by atoms with Crippen molar-refractivity contribution in [2.75, 3.05) is 0 Å². The van der Waals surface area contributed by atoms with Gasteiger partial charge in [-0.05, 0) is 43.0 Å². The molecule has 16 heavy (non-hydrogen) atoms. The quantitative estimate of drug-likeness (QED) is 0.835. The number of carbonyl (C=O) groups is 1. The monoisotopic (exact) mass is 240 g/mol. The van der Waals surface area contributed by atoms with Crippen molar-refractivity contribution in [2.45, 2.75) is 38.2 Å². The molecule has 3 nitrogen and oxygen atoms in total. The van der Waals surface area contributed by atoms with Gasteiger partial charge in [-0.15, -0.1) is 11.3 Å². The molecule has 2 N–H and O–H groups in total. The third kappa shape index (κ3) is 1.99. The maximum Gasteiger partial charge on any atom is 0.336 e. The Kier molecular flexibility index (Phi) is 3.04. The topological polar surface area (TPSA) is 57.5 Å². The van der Waals surface area contributed by atoms with E-state index in [9.17, 15) is 9.90 Å². The fraction of sp³-hybridized carbons (Fsp3) is 0.583. The van der Waals surface area contributed by atoms with E-state index in [1.54, 1.807) is 11.4 Å². The van der Waals surface area contributed by atoms with Crippen molar-refractivity contribution in [3.63, 3.8) is 0 Å². The SMILES string of the molecule is CC1CCC(O)(c2sccc2C(=O)O)CC1. The number of carboxylic acids is 1. The molecular weight excluding hydrogens is 224 g/mol. The van der Waals surface area contributed by atoms with Gasteiger partial charge in [-0.1, -0.05) is 6.92 Å². The fourth-order valence-electron chi connectivity index (χ4n) is 2.30. The molecule has 0 aliphatic heterocycles. The summed E-state index contributed by atoms with van der Waals surface area (Å²) in [6.45, 7) is 2.17. The first kappa shape index (κ1) is 11.6. The van der Waals surface area contributed by atoms with Gasteiger partial charge >= 0.3 is 5.97 Å². The molecule has 0 spiro atoms. The van der Waals surface area contributed by atoms with E-state index in [0.717, 1.165) is 12.8 Å². The average molecular weight is 240 g/mol. The Morgan fingerprint density at radius 2 is 2.12 bits per heavy atom. The predicted octanol–water partition coefficient (Wildman–Crippen LogP) is 2.84. The minimum absolute atomic E-state index is 0.266. The molecule has 1 aromatic rings. The Hall–Kier alpha value is -0.870. The van der Waals surface area contributed by atoms with Crippen LogP contribution in [-0.2, 0) is 5.60 Å². The van der Waals surface area contributed by atoms with Crippen LogP contribution in [0.5, 0.6) is 0 Å². The second kappa shape index (κ2) is 4.18. The van der Waals surface area contributed by atoms with Gasteiger partial charge in [-0.2, -0.15) is 0 Å². The first-order chi connectivity index (χ1) is 7.53. The molecule has 0 bridgehead atoms. The summed E-state index contributed by atoms with van der Waals surface area (Å²) in [6.07, 6.45) is 3.28. The smallest absolute Gasteiger partial charge is 0.336 e. The molecule has 0 saturated heterocycles. The van der Waals surface area contributed by atoms with Crippen LogP contribution in [0.1, 0.15) is 47.8 Å². The molecule has 4 heteroatoms. The van der Waals surface area contributed by atoms with Crippen LogP contribution in [0.15, 0.2) is 11.4 Å². The lowest BCUT2D eigenvalue weighted by Gasteiger charge is -2.34. The zero-order valence-corrected chi connectivity index (χ0v) is 10.1. The molecule has 1 aliphatic carbocycles. The second-order valence-electron chi connectivity index (χ2n) is 4.68. The number of hydrogen-bond acceptors (Lipinski definition) is 3. The van der Waals surface area contributed by atoms with E-state index in [0.29, 0.717) is 23.6 Å². The predicted molar refractivity (Wildman–Crippen MR) is 62.8 cm³/mol. The van der Waals surface area contributed by atoms with Gasteiger partial charge in [0.05, 0.1) is 16.0 Å². The molecule has 0 amide bonds. The largest absolute Gasteiger partial charge is 0.478 e. The Balaban J connectivity index is 2.29. The van der Waals surface area contributed by atoms with Crippen LogP contribution in [0.2, 0.25) is 0 Å². The van der Waals surface area contributed by atoms with Crippen molar-refractivity contribution in [2.24, 2.45) is 5.92 Å².